The van der Waals surface area contributed by atoms with E-state index in [1.165, 1.54) is 4.90 Å². The number of hydrogen-bond donors (Lipinski definition) is 2. The number of morpholine rings is 1. The fourth-order valence-electron chi connectivity index (χ4n) is 2.02. The zero-order valence-electron chi connectivity index (χ0n) is 11.7. The summed E-state index contributed by atoms with van der Waals surface area (Å²) in [6.07, 6.45) is 3.52. The van der Waals surface area contributed by atoms with Crippen LogP contribution in [0.3, 0.4) is 0 Å². The van der Waals surface area contributed by atoms with E-state index in [1.54, 1.807) is 6.21 Å². The third-order valence-corrected chi connectivity index (χ3v) is 3.53. The largest absolute Gasteiger partial charge is 0.370 e. The van der Waals surface area contributed by atoms with Gasteiger partial charge in [-0.3, -0.25) is 4.79 Å². The minimum atomic E-state index is -0.0804. The summed E-state index contributed by atoms with van der Waals surface area (Å²) in [6, 6.07) is 9.89. The molecule has 1 aromatic rings. The van der Waals surface area contributed by atoms with Gasteiger partial charge in [0, 0.05) is 4.48 Å². The average molecular weight is 353 g/mol. The molecule has 0 atom stereocenters. The first-order chi connectivity index (χ1) is 10.2. The summed E-state index contributed by atoms with van der Waals surface area (Å²) in [5.41, 5.74) is 3.61. The molecule has 1 amide bonds. The third kappa shape index (κ3) is 6.20. The lowest BCUT2D eigenvalue weighted by atomic mass is 10.2. The number of nitrogens with zero attached hydrogens (tertiary/aromatic N) is 1. The summed E-state index contributed by atoms with van der Waals surface area (Å²) in [5, 5.41) is 3.95. The van der Waals surface area contributed by atoms with E-state index in [0.717, 1.165) is 36.3 Å². The predicted octanol–water partition coefficient (Wildman–Crippen LogP) is 0.440. The molecule has 2 N–H and O–H groups in total. The van der Waals surface area contributed by atoms with Crippen LogP contribution in [0, 0.1) is 0 Å². The number of halogens is 1. The van der Waals surface area contributed by atoms with E-state index in [9.17, 15) is 4.79 Å². The molecule has 2 rings (SSSR count). The number of quaternary nitrogens is 1. The maximum absolute atomic E-state index is 11.7. The van der Waals surface area contributed by atoms with Crippen molar-refractivity contribution in [3.63, 3.8) is 0 Å². The van der Waals surface area contributed by atoms with Crippen molar-refractivity contribution in [3.05, 3.63) is 40.4 Å². The summed E-state index contributed by atoms with van der Waals surface area (Å²) < 4.78 is 6.05. The smallest absolute Gasteiger partial charge is 0.295 e. The van der Waals surface area contributed by atoms with Crippen molar-refractivity contribution >= 4 is 34.1 Å². The van der Waals surface area contributed by atoms with Gasteiger partial charge in [-0.05, 0) is 27.6 Å². The first-order valence-electron chi connectivity index (χ1n) is 6.89. The van der Waals surface area contributed by atoms with Crippen molar-refractivity contribution in [1.82, 2.24) is 5.43 Å². The normalized spacial score (nSPS) is 17.1. The highest BCUT2D eigenvalue weighted by molar-refractivity contribution is 9.12. The van der Waals surface area contributed by atoms with E-state index in [4.69, 9.17) is 4.74 Å². The molecule has 5 nitrogen and oxygen atoms in total. The van der Waals surface area contributed by atoms with Gasteiger partial charge in [0.05, 0.1) is 19.4 Å². The SMILES string of the molecule is O=C(C[NH+]1CCOCC1)N/N=C\C(Br)=C/c1ccccc1. The molecule has 1 aromatic carbocycles. The van der Waals surface area contributed by atoms with Crippen molar-refractivity contribution in [1.29, 1.82) is 0 Å². The Morgan fingerprint density at radius 3 is 2.76 bits per heavy atom. The Kier molecular flexibility index (Phi) is 6.59. The van der Waals surface area contributed by atoms with Crippen LogP contribution < -0.4 is 10.3 Å². The fourth-order valence-corrected chi connectivity index (χ4v) is 2.38. The highest BCUT2D eigenvalue weighted by Crippen LogP contribution is 2.09. The molecular formula is C15H19BrN3O2+. The van der Waals surface area contributed by atoms with Crippen LogP contribution in [0.1, 0.15) is 5.56 Å². The number of benzene rings is 1. The highest BCUT2D eigenvalue weighted by atomic mass is 79.9. The Bertz CT molecular complexity index is 511. The Balaban J connectivity index is 1.76. The van der Waals surface area contributed by atoms with Crippen molar-refractivity contribution in [3.8, 4) is 0 Å². The third-order valence-electron chi connectivity index (χ3n) is 3.09. The first kappa shape index (κ1) is 15.9. The number of hydrogen-bond acceptors (Lipinski definition) is 3. The second kappa shape index (κ2) is 8.71. The van der Waals surface area contributed by atoms with E-state index >= 15 is 0 Å². The molecule has 21 heavy (non-hydrogen) atoms. The molecule has 0 bridgehead atoms. The van der Waals surface area contributed by atoms with Crippen LogP contribution in [0.25, 0.3) is 6.08 Å². The molecular weight excluding hydrogens is 334 g/mol. The lowest BCUT2D eigenvalue weighted by Crippen LogP contribution is -3.15. The molecule has 1 aliphatic heterocycles. The average Bonchev–Trinajstić information content (AvgIpc) is 2.49. The van der Waals surface area contributed by atoms with Gasteiger partial charge in [0.2, 0.25) is 0 Å². The summed E-state index contributed by atoms with van der Waals surface area (Å²) in [6.45, 7) is 3.61. The van der Waals surface area contributed by atoms with Gasteiger partial charge in [0.1, 0.15) is 13.1 Å². The van der Waals surface area contributed by atoms with E-state index in [1.807, 2.05) is 36.4 Å². The van der Waals surface area contributed by atoms with E-state index in [2.05, 4.69) is 26.5 Å². The minimum absolute atomic E-state index is 0.0804. The second-order valence-electron chi connectivity index (χ2n) is 4.77. The van der Waals surface area contributed by atoms with Gasteiger partial charge in [-0.15, -0.1) is 0 Å². The lowest BCUT2D eigenvalue weighted by Gasteiger charge is -2.22. The summed E-state index contributed by atoms with van der Waals surface area (Å²) in [5.74, 6) is -0.0804. The second-order valence-corrected chi connectivity index (χ2v) is 5.69. The molecule has 1 heterocycles. The van der Waals surface area contributed by atoms with Crippen molar-refractivity contribution in [2.45, 2.75) is 0 Å². The summed E-state index contributed by atoms with van der Waals surface area (Å²) in [4.78, 5) is 13.0. The Hall–Kier alpha value is -1.50. The van der Waals surface area contributed by atoms with Crippen molar-refractivity contribution in [2.75, 3.05) is 32.8 Å². The molecule has 1 fully saturated rings. The quantitative estimate of drug-likeness (QED) is 0.596. The molecule has 6 heteroatoms. The molecule has 0 saturated carbocycles. The van der Waals surface area contributed by atoms with Crippen LogP contribution in [-0.4, -0.2) is 45.0 Å². The fraction of sp³-hybridized carbons (Fsp3) is 0.333. The van der Waals surface area contributed by atoms with Crippen LogP contribution in [0.15, 0.2) is 39.9 Å². The molecule has 0 aromatic heterocycles. The van der Waals surface area contributed by atoms with Gasteiger partial charge in [-0.1, -0.05) is 30.3 Å². The molecule has 0 aliphatic carbocycles. The topological polar surface area (TPSA) is 55.1 Å². The number of allylic oxidation sites excluding steroid dienone is 1. The molecule has 0 spiro atoms. The number of hydrazone groups is 1. The van der Waals surface area contributed by atoms with Crippen molar-refractivity contribution < 1.29 is 14.4 Å². The maximum atomic E-state index is 11.7. The zero-order chi connectivity index (χ0) is 14.9. The van der Waals surface area contributed by atoms with E-state index in [-0.39, 0.29) is 5.91 Å². The van der Waals surface area contributed by atoms with Crippen LogP contribution in [0.5, 0.6) is 0 Å². The molecule has 112 valence electrons. The Morgan fingerprint density at radius 1 is 1.33 bits per heavy atom. The standard InChI is InChI=1S/C15H18BrN3O2/c16-14(10-13-4-2-1-3-5-13)11-17-18-15(20)12-19-6-8-21-9-7-19/h1-5,10-11H,6-9,12H2,(H,18,20)/p+1/b14-10+,17-11-. The first-order valence-corrected chi connectivity index (χ1v) is 7.69. The lowest BCUT2D eigenvalue weighted by molar-refractivity contribution is -0.900. The number of nitrogens with one attached hydrogen (secondary N) is 2. The molecule has 1 saturated heterocycles. The van der Waals surface area contributed by atoms with Crippen LogP contribution in [0.2, 0.25) is 0 Å². The predicted molar refractivity (Wildman–Crippen MR) is 86.4 cm³/mol. The number of ether oxygens (including phenoxy) is 1. The Labute approximate surface area is 132 Å². The molecule has 0 unspecified atom stereocenters. The molecule has 0 radical (unpaired) electrons. The van der Waals surface area contributed by atoms with E-state index in [0.29, 0.717) is 6.54 Å². The van der Waals surface area contributed by atoms with Gasteiger partial charge >= 0.3 is 0 Å². The number of amides is 1. The highest BCUT2D eigenvalue weighted by Gasteiger charge is 2.16. The van der Waals surface area contributed by atoms with Crippen LogP contribution in [-0.2, 0) is 9.53 Å². The van der Waals surface area contributed by atoms with Crippen molar-refractivity contribution in [2.24, 2.45) is 5.10 Å². The van der Waals surface area contributed by atoms with Gasteiger partial charge in [-0.2, -0.15) is 5.10 Å². The number of carbonyl (C=O) groups is 1. The number of rotatable bonds is 5. The number of carbonyl (C=O) groups excluding carboxylic acids is 1. The molecule has 1 aliphatic rings. The van der Waals surface area contributed by atoms with Crippen LogP contribution >= 0.6 is 15.9 Å². The van der Waals surface area contributed by atoms with Gasteiger partial charge in [-0.25, -0.2) is 5.43 Å². The zero-order valence-corrected chi connectivity index (χ0v) is 13.3. The van der Waals surface area contributed by atoms with Crippen LogP contribution in [0.4, 0.5) is 0 Å². The Morgan fingerprint density at radius 2 is 2.05 bits per heavy atom. The summed E-state index contributed by atoms with van der Waals surface area (Å²) >= 11 is 3.40. The van der Waals surface area contributed by atoms with Gasteiger partial charge in [0.15, 0.2) is 6.54 Å². The monoisotopic (exact) mass is 352 g/mol. The van der Waals surface area contributed by atoms with E-state index < -0.39 is 0 Å². The van der Waals surface area contributed by atoms with Gasteiger partial charge < -0.3 is 9.64 Å². The van der Waals surface area contributed by atoms with Gasteiger partial charge in [0.25, 0.3) is 5.91 Å². The maximum Gasteiger partial charge on any atom is 0.295 e. The minimum Gasteiger partial charge on any atom is -0.370 e. The summed E-state index contributed by atoms with van der Waals surface area (Å²) in [7, 11) is 0.